The van der Waals surface area contributed by atoms with E-state index in [9.17, 15) is 15.2 Å². The molecule has 0 bridgehead atoms. The number of hydrogen-bond acceptors (Lipinski definition) is 5. The molecule has 2 N–H and O–H groups in total. The number of nitro benzene ring substituents is 1. The van der Waals surface area contributed by atoms with Gasteiger partial charge in [0.15, 0.2) is 0 Å². The van der Waals surface area contributed by atoms with Crippen molar-refractivity contribution in [2.24, 2.45) is 5.10 Å². The minimum atomic E-state index is -0.446. The van der Waals surface area contributed by atoms with Crippen molar-refractivity contribution in [3.63, 3.8) is 0 Å². The molecule has 0 unspecified atom stereocenters. The lowest BCUT2D eigenvalue weighted by atomic mass is 10.0. The van der Waals surface area contributed by atoms with Gasteiger partial charge in [-0.15, -0.1) is 0 Å². The highest BCUT2D eigenvalue weighted by molar-refractivity contribution is 6.13. The van der Waals surface area contributed by atoms with Gasteiger partial charge in [-0.05, 0) is 36.4 Å². The first-order chi connectivity index (χ1) is 12.1. The standard InChI is InChI=1S/C19H15N3O3/c23-18-12-6-15(7-13-18)19(14-4-2-1-3-5-14)21-20-16-8-10-17(11-9-16)22(24)25/h1-13,20,23H. The summed E-state index contributed by atoms with van der Waals surface area (Å²) < 4.78 is 0. The van der Waals surface area contributed by atoms with Crippen molar-refractivity contribution >= 4 is 17.1 Å². The smallest absolute Gasteiger partial charge is 0.269 e. The molecule has 3 rings (SSSR count). The van der Waals surface area contributed by atoms with Crippen LogP contribution >= 0.6 is 0 Å². The lowest BCUT2D eigenvalue weighted by molar-refractivity contribution is -0.384. The van der Waals surface area contributed by atoms with Crippen molar-refractivity contribution in [3.05, 3.63) is 100 Å². The van der Waals surface area contributed by atoms with E-state index in [1.54, 1.807) is 36.4 Å². The first kappa shape index (κ1) is 16.2. The fourth-order valence-electron chi connectivity index (χ4n) is 2.29. The second-order valence-corrected chi connectivity index (χ2v) is 5.29. The van der Waals surface area contributed by atoms with Gasteiger partial charge in [-0.2, -0.15) is 5.10 Å². The fourth-order valence-corrected chi connectivity index (χ4v) is 2.29. The number of phenolic OH excluding ortho intramolecular Hbond substituents is 1. The second-order valence-electron chi connectivity index (χ2n) is 5.29. The number of hydrogen-bond donors (Lipinski definition) is 2. The van der Waals surface area contributed by atoms with Crippen LogP contribution in [-0.2, 0) is 0 Å². The summed E-state index contributed by atoms with van der Waals surface area (Å²) in [4.78, 5) is 10.3. The maximum Gasteiger partial charge on any atom is 0.269 e. The summed E-state index contributed by atoms with van der Waals surface area (Å²) in [5, 5.41) is 24.6. The Kier molecular flexibility index (Phi) is 4.71. The Morgan fingerprint density at radius 2 is 1.48 bits per heavy atom. The van der Waals surface area contributed by atoms with Gasteiger partial charge in [-0.1, -0.05) is 30.3 Å². The molecule has 0 fully saturated rings. The summed E-state index contributed by atoms with van der Waals surface area (Å²) in [7, 11) is 0. The minimum Gasteiger partial charge on any atom is -0.508 e. The molecule has 0 radical (unpaired) electrons. The van der Waals surface area contributed by atoms with Crippen molar-refractivity contribution in [3.8, 4) is 5.75 Å². The van der Waals surface area contributed by atoms with E-state index in [0.29, 0.717) is 11.4 Å². The predicted molar refractivity (Wildman–Crippen MR) is 96.9 cm³/mol. The van der Waals surface area contributed by atoms with Gasteiger partial charge in [0.1, 0.15) is 5.75 Å². The summed E-state index contributed by atoms with van der Waals surface area (Å²) in [6, 6.07) is 22.4. The molecule has 0 amide bonds. The van der Waals surface area contributed by atoms with Crippen LogP contribution in [0.15, 0.2) is 84.0 Å². The Morgan fingerprint density at radius 1 is 0.880 bits per heavy atom. The summed E-state index contributed by atoms with van der Waals surface area (Å²) in [5.74, 6) is 0.180. The summed E-state index contributed by atoms with van der Waals surface area (Å²) in [6.07, 6.45) is 0. The molecule has 124 valence electrons. The second kappa shape index (κ2) is 7.27. The number of aromatic hydroxyl groups is 1. The Hall–Kier alpha value is -3.67. The van der Waals surface area contributed by atoms with Crippen molar-refractivity contribution in [2.45, 2.75) is 0 Å². The Morgan fingerprint density at radius 3 is 2.08 bits per heavy atom. The lowest BCUT2D eigenvalue weighted by Gasteiger charge is -2.09. The zero-order valence-electron chi connectivity index (χ0n) is 13.2. The molecule has 0 atom stereocenters. The first-order valence-electron chi connectivity index (χ1n) is 7.56. The third-order valence-electron chi connectivity index (χ3n) is 3.56. The molecule has 0 aliphatic carbocycles. The molecule has 3 aromatic rings. The van der Waals surface area contributed by atoms with Crippen LogP contribution in [0.2, 0.25) is 0 Å². The van der Waals surface area contributed by atoms with Crippen LogP contribution in [0.25, 0.3) is 0 Å². The van der Waals surface area contributed by atoms with Crippen LogP contribution in [0.3, 0.4) is 0 Å². The van der Waals surface area contributed by atoms with E-state index in [1.807, 2.05) is 30.3 Å². The molecule has 0 aromatic heterocycles. The SMILES string of the molecule is O=[N+]([O-])c1ccc(NN=C(c2ccccc2)c2ccc(O)cc2)cc1. The average molecular weight is 333 g/mol. The molecule has 0 spiro atoms. The van der Waals surface area contributed by atoms with Crippen LogP contribution in [-0.4, -0.2) is 15.7 Å². The molecule has 6 heteroatoms. The van der Waals surface area contributed by atoms with Crippen LogP contribution in [0.4, 0.5) is 11.4 Å². The maximum atomic E-state index is 10.7. The number of hydrazone groups is 1. The highest BCUT2D eigenvalue weighted by Gasteiger charge is 2.08. The minimum absolute atomic E-state index is 0.0244. The van der Waals surface area contributed by atoms with E-state index in [1.165, 1.54) is 12.1 Å². The lowest BCUT2D eigenvalue weighted by Crippen LogP contribution is -2.06. The Bertz CT molecular complexity index is 889. The summed E-state index contributed by atoms with van der Waals surface area (Å²) >= 11 is 0. The molecule has 0 saturated carbocycles. The predicted octanol–water partition coefficient (Wildman–Crippen LogP) is 4.16. The van der Waals surface area contributed by atoms with Crippen molar-refractivity contribution < 1.29 is 10.0 Å². The van der Waals surface area contributed by atoms with Gasteiger partial charge in [0.2, 0.25) is 0 Å². The number of phenols is 1. The molecular formula is C19H15N3O3. The van der Waals surface area contributed by atoms with Crippen LogP contribution in [0.1, 0.15) is 11.1 Å². The van der Waals surface area contributed by atoms with Crippen LogP contribution in [0, 0.1) is 10.1 Å². The highest BCUT2D eigenvalue weighted by atomic mass is 16.6. The molecular weight excluding hydrogens is 318 g/mol. The maximum absolute atomic E-state index is 10.7. The number of anilines is 1. The van der Waals surface area contributed by atoms with Gasteiger partial charge in [-0.3, -0.25) is 15.5 Å². The van der Waals surface area contributed by atoms with E-state index in [0.717, 1.165) is 11.1 Å². The molecule has 25 heavy (non-hydrogen) atoms. The number of rotatable bonds is 5. The molecule has 3 aromatic carbocycles. The highest BCUT2D eigenvalue weighted by Crippen LogP contribution is 2.18. The van der Waals surface area contributed by atoms with Crippen molar-refractivity contribution in [2.75, 3.05) is 5.43 Å². The topological polar surface area (TPSA) is 87.8 Å². The van der Waals surface area contributed by atoms with Gasteiger partial charge >= 0.3 is 0 Å². The number of nitrogens with zero attached hydrogens (tertiary/aromatic N) is 2. The van der Waals surface area contributed by atoms with Crippen LogP contribution < -0.4 is 5.43 Å². The van der Waals surface area contributed by atoms with Crippen molar-refractivity contribution in [1.82, 2.24) is 0 Å². The Labute approximate surface area is 144 Å². The van der Waals surface area contributed by atoms with Crippen molar-refractivity contribution in [1.29, 1.82) is 0 Å². The quantitative estimate of drug-likeness (QED) is 0.417. The molecule has 0 heterocycles. The van der Waals surface area contributed by atoms with Gasteiger partial charge in [0.05, 0.1) is 16.3 Å². The molecule has 0 aliphatic rings. The van der Waals surface area contributed by atoms with E-state index in [2.05, 4.69) is 10.5 Å². The number of nitrogens with one attached hydrogen (secondary N) is 1. The summed E-state index contributed by atoms with van der Waals surface area (Å²) in [6.45, 7) is 0. The Balaban J connectivity index is 1.92. The number of nitro groups is 1. The van der Waals surface area contributed by atoms with Gasteiger partial charge in [-0.25, -0.2) is 0 Å². The average Bonchev–Trinajstić information content (AvgIpc) is 2.64. The largest absolute Gasteiger partial charge is 0.508 e. The van der Waals surface area contributed by atoms with E-state index < -0.39 is 4.92 Å². The third kappa shape index (κ3) is 4.00. The van der Waals surface area contributed by atoms with Gasteiger partial charge < -0.3 is 5.11 Å². The third-order valence-corrected chi connectivity index (χ3v) is 3.56. The normalized spacial score (nSPS) is 11.1. The van der Waals surface area contributed by atoms with Crippen LogP contribution in [0.5, 0.6) is 5.75 Å². The zero-order chi connectivity index (χ0) is 17.6. The van der Waals surface area contributed by atoms with E-state index >= 15 is 0 Å². The first-order valence-corrected chi connectivity index (χ1v) is 7.56. The number of non-ortho nitro benzene ring substituents is 1. The van der Waals surface area contributed by atoms with Gasteiger partial charge in [0, 0.05) is 23.3 Å². The molecule has 0 saturated heterocycles. The molecule has 0 aliphatic heterocycles. The number of benzene rings is 3. The van der Waals surface area contributed by atoms with E-state index in [-0.39, 0.29) is 11.4 Å². The van der Waals surface area contributed by atoms with Gasteiger partial charge in [0.25, 0.3) is 5.69 Å². The fraction of sp³-hybridized carbons (Fsp3) is 0. The zero-order valence-corrected chi connectivity index (χ0v) is 13.2. The summed E-state index contributed by atoms with van der Waals surface area (Å²) in [5.41, 5.74) is 6.02. The van der Waals surface area contributed by atoms with E-state index in [4.69, 9.17) is 0 Å². The monoisotopic (exact) mass is 333 g/mol. The molecule has 6 nitrogen and oxygen atoms in total.